The molecular formula is C31H34ClF2N3O5. The minimum atomic E-state index is -3.63. The topological polar surface area (TPSA) is 117 Å². The van der Waals surface area contributed by atoms with Crippen molar-refractivity contribution in [2.75, 3.05) is 19.7 Å². The van der Waals surface area contributed by atoms with E-state index < -0.39 is 48.8 Å². The Hall–Kier alpha value is -4.02. The second-order valence-corrected chi connectivity index (χ2v) is 10.2. The molecule has 42 heavy (non-hydrogen) atoms. The predicted octanol–water partition coefficient (Wildman–Crippen LogP) is 4.90. The Morgan fingerprint density at radius 1 is 1.07 bits per heavy atom. The van der Waals surface area contributed by atoms with Crippen LogP contribution in [-0.2, 0) is 20.2 Å². The van der Waals surface area contributed by atoms with Crippen molar-refractivity contribution in [1.82, 2.24) is 16.0 Å². The SMILES string of the molecule is Cc1ccccc1.O=C(CNC(=O)OC(c1ccccc1)C(F)(F)c1cccc(Cl)c1)NC(CO)CC1CCNC1=O. The summed E-state index contributed by atoms with van der Waals surface area (Å²) >= 11 is 5.87. The molecule has 224 valence electrons. The van der Waals surface area contributed by atoms with E-state index in [0.717, 1.165) is 6.07 Å². The van der Waals surface area contributed by atoms with Gasteiger partial charge in [-0.15, -0.1) is 0 Å². The monoisotopic (exact) mass is 601 g/mol. The molecule has 3 aromatic rings. The van der Waals surface area contributed by atoms with Crippen molar-refractivity contribution >= 4 is 29.5 Å². The van der Waals surface area contributed by atoms with Gasteiger partial charge >= 0.3 is 12.0 Å². The second kappa shape index (κ2) is 15.8. The number of carbonyl (C=O) groups excluding carboxylic acids is 3. The van der Waals surface area contributed by atoms with Gasteiger partial charge in [-0.25, -0.2) is 4.79 Å². The molecule has 0 aliphatic carbocycles. The van der Waals surface area contributed by atoms with Crippen molar-refractivity contribution in [3.8, 4) is 0 Å². The van der Waals surface area contributed by atoms with Gasteiger partial charge in [-0.05, 0) is 37.5 Å². The van der Waals surface area contributed by atoms with E-state index in [2.05, 4.69) is 35.0 Å². The molecule has 4 N–H and O–H groups in total. The van der Waals surface area contributed by atoms with E-state index in [0.29, 0.717) is 13.0 Å². The third-order valence-electron chi connectivity index (χ3n) is 6.52. The molecule has 1 heterocycles. The molecule has 1 aliphatic rings. The molecule has 3 unspecified atom stereocenters. The molecule has 3 atom stereocenters. The average molecular weight is 602 g/mol. The van der Waals surface area contributed by atoms with Crippen LogP contribution in [0.3, 0.4) is 0 Å². The number of aryl methyl sites for hydroxylation is 1. The average Bonchev–Trinajstić information content (AvgIpc) is 3.39. The highest BCUT2D eigenvalue weighted by molar-refractivity contribution is 6.30. The smallest absolute Gasteiger partial charge is 0.408 e. The summed E-state index contributed by atoms with van der Waals surface area (Å²) in [5.41, 5.74) is 0.931. The van der Waals surface area contributed by atoms with Crippen molar-refractivity contribution in [3.05, 3.63) is 107 Å². The number of halogens is 3. The van der Waals surface area contributed by atoms with E-state index in [1.54, 1.807) is 6.07 Å². The molecule has 4 rings (SSSR count). The number of hydrogen-bond acceptors (Lipinski definition) is 5. The number of aliphatic hydroxyl groups is 1. The highest BCUT2D eigenvalue weighted by atomic mass is 35.5. The van der Waals surface area contributed by atoms with Gasteiger partial charge in [-0.1, -0.05) is 90.0 Å². The summed E-state index contributed by atoms with van der Waals surface area (Å²) in [6.07, 6.45) is -2.39. The van der Waals surface area contributed by atoms with Gasteiger partial charge in [-0.3, -0.25) is 9.59 Å². The van der Waals surface area contributed by atoms with E-state index in [-0.39, 0.29) is 28.8 Å². The number of ether oxygens (including phenoxy) is 1. The molecule has 3 amide bonds. The van der Waals surface area contributed by atoms with E-state index in [1.165, 1.54) is 48.0 Å². The molecule has 0 radical (unpaired) electrons. The minimum absolute atomic E-state index is 0.0484. The zero-order valence-electron chi connectivity index (χ0n) is 23.1. The van der Waals surface area contributed by atoms with Crippen molar-refractivity contribution in [3.63, 3.8) is 0 Å². The first kappa shape index (κ1) is 32.5. The van der Waals surface area contributed by atoms with Gasteiger partial charge in [0.15, 0.2) is 6.10 Å². The maximum atomic E-state index is 15.4. The minimum Gasteiger partial charge on any atom is -0.434 e. The van der Waals surface area contributed by atoms with Crippen LogP contribution in [0.15, 0.2) is 84.9 Å². The van der Waals surface area contributed by atoms with Crippen molar-refractivity contribution in [2.45, 2.75) is 37.8 Å². The number of benzene rings is 3. The third kappa shape index (κ3) is 9.81. The van der Waals surface area contributed by atoms with Crippen LogP contribution in [0, 0.1) is 12.8 Å². The lowest BCUT2D eigenvalue weighted by Crippen LogP contribution is -2.45. The molecule has 0 bridgehead atoms. The summed E-state index contributed by atoms with van der Waals surface area (Å²) in [5, 5.41) is 17.0. The number of carbonyl (C=O) groups is 3. The van der Waals surface area contributed by atoms with Gasteiger partial charge in [0.05, 0.1) is 12.6 Å². The number of hydrogen-bond donors (Lipinski definition) is 4. The Morgan fingerprint density at radius 3 is 2.29 bits per heavy atom. The maximum absolute atomic E-state index is 15.4. The van der Waals surface area contributed by atoms with E-state index in [9.17, 15) is 19.5 Å². The van der Waals surface area contributed by atoms with Gasteiger partial charge in [-0.2, -0.15) is 8.78 Å². The first-order chi connectivity index (χ1) is 20.1. The number of nitrogens with one attached hydrogen (secondary N) is 3. The first-order valence-corrected chi connectivity index (χ1v) is 13.8. The lowest BCUT2D eigenvalue weighted by atomic mass is 9.97. The van der Waals surface area contributed by atoms with Gasteiger partial charge in [0, 0.05) is 23.0 Å². The molecule has 0 saturated carbocycles. The van der Waals surface area contributed by atoms with Gasteiger partial charge in [0.2, 0.25) is 11.8 Å². The molecule has 0 aromatic heterocycles. The fraction of sp³-hybridized carbons (Fsp3) is 0.323. The zero-order chi connectivity index (χ0) is 30.5. The maximum Gasteiger partial charge on any atom is 0.408 e. The molecule has 1 aliphatic heterocycles. The van der Waals surface area contributed by atoms with Crippen molar-refractivity contribution in [1.29, 1.82) is 0 Å². The Bertz CT molecular complexity index is 1310. The van der Waals surface area contributed by atoms with Crippen LogP contribution in [0.1, 0.15) is 35.6 Å². The molecule has 8 nitrogen and oxygen atoms in total. The Kier molecular flexibility index (Phi) is 12.3. The molecule has 1 fully saturated rings. The van der Waals surface area contributed by atoms with Crippen LogP contribution in [0.2, 0.25) is 5.02 Å². The zero-order valence-corrected chi connectivity index (χ0v) is 23.8. The summed E-state index contributed by atoms with van der Waals surface area (Å²) in [4.78, 5) is 36.3. The van der Waals surface area contributed by atoms with Gasteiger partial charge in [0.1, 0.15) is 6.54 Å². The lowest BCUT2D eigenvalue weighted by Gasteiger charge is -2.27. The third-order valence-corrected chi connectivity index (χ3v) is 6.75. The van der Waals surface area contributed by atoms with Crippen molar-refractivity contribution < 1.29 is 33.0 Å². The van der Waals surface area contributed by atoms with Gasteiger partial charge < -0.3 is 25.8 Å². The molecular weight excluding hydrogens is 568 g/mol. The largest absolute Gasteiger partial charge is 0.434 e. The molecule has 3 aromatic carbocycles. The number of aliphatic hydroxyl groups excluding tert-OH is 1. The number of rotatable bonds is 10. The normalized spacial score (nSPS) is 15.8. The molecule has 0 spiro atoms. The predicted molar refractivity (Wildman–Crippen MR) is 155 cm³/mol. The molecule has 1 saturated heterocycles. The first-order valence-electron chi connectivity index (χ1n) is 13.4. The Balaban J connectivity index is 0.000000603. The van der Waals surface area contributed by atoms with Crippen LogP contribution in [0.4, 0.5) is 13.6 Å². The van der Waals surface area contributed by atoms with Gasteiger partial charge in [0.25, 0.3) is 0 Å². The van der Waals surface area contributed by atoms with E-state index in [1.807, 2.05) is 18.2 Å². The van der Waals surface area contributed by atoms with Crippen LogP contribution < -0.4 is 16.0 Å². The van der Waals surface area contributed by atoms with Crippen molar-refractivity contribution in [2.24, 2.45) is 5.92 Å². The summed E-state index contributed by atoms with van der Waals surface area (Å²) in [7, 11) is 0. The quantitative estimate of drug-likeness (QED) is 0.264. The summed E-state index contributed by atoms with van der Waals surface area (Å²) < 4.78 is 35.8. The Labute approximate surface area is 248 Å². The van der Waals surface area contributed by atoms with E-state index >= 15 is 8.78 Å². The van der Waals surface area contributed by atoms with Crippen LogP contribution in [0.25, 0.3) is 0 Å². The van der Waals surface area contributed by atoms with Crippen LogP contribution in [-0.4, -0.2) is 48.8 Å². The molecule has 11 heteroatoms. The standard InChI is InChI=1S/C24H26ClF2N3O5.C7H8/c25-18-8-4-7-17(12-18)24(26,27)21(15-5-2-1-3-6-15)35-23(34)29-13-20(32)30-19(14-31)11-16-9-10-28-22(16)33;1-7-5-3-2-4-6-7/h1-8,12,16,19,21,31H,9-11,13-14H2,(H,28,33)(H,29,34)(H,30,32);2-6H,1H3. The lowest BCUT2D eigenvalue weighted by molar-refractivity contribution is -0.125. The highest BCUT2D eigenvalue weighted by Gasteiger charge is 2.45. The summed E-state index contributed by atoms with van der Waals surface area (Å²) in [5.74, 6) is -4.77. The number of amides is 3. The second-order valence-electron chi connectivity index (χ2n) is 9.80. The summed E-state index contributed by atoms with van der Waals surface area (Å²) in [6, 6.07) is 22.1. The number of alkyl halides is 2. The fourth-order valence-electron chi connectivity index (χ4n) is 4.33. The highest BCUT2D eigenvalue weighted by Crippen LogP contribution is 2.43. The number of alkyl carbamates (subject to hydrolysis) is 1. The fourth-order valence-corrected chi connectivity index (χ4v) is 4.52. The summed E-state index contributed by atoms with van der Waals surface area (Å²) in [6.45, 7) is 1.64. The van der Waals surface area contributed by atoms with Crippen LogP contribution >= 0.6 is 11.6 Å². The van der Waals surface area contributed by atoms with E-state index in [4.69, 9.17) is 16.3 Å². The Morgan fingerprint density at radius 2 is 1.74 bits per heavy atom. The van der Waals surface area contributed by atoms with Crippen LogP contribution in [0.5, 0.6) is 0 Å².